The van der Waals surface area contributed by atoms with Crippen molar-refractivity contribution in [2.24, 2.45) is 11.8 Å². The maximum Gasteiger partial charge on any atom is 0.254 e. The zero-order valence-corrected chi connectivity index (χ0v) is 14.7. The first-order chi connectivity index (χ1) is 11.7. The van der Waals surface area contributed by atoms with E-state index in [-0.39, 0.29) is 12.0 Å². The van der Waals surface area contributed by atoms with Crippen molar-refractivity contribution < 1.29 is 14.3 Å². The molecule has 4 rings (SSSR count). The fraction of sp³-hybridized carbons (Fsp3) is 0.650. The summed E-state index contributed by atoms with van der Waals surface area (Å²) >= 11 is 0. The minimum absolute atomic E-state index is 0.150. The van der Waals surface area contributed by atoms with Gasteiger partial charge < -0.3 is 14.4 Å². The molecule has 0 spiro atoms. The minimum Gasteiger partial charge on any atom is -0.493 e. The predicted octanol–water partition coefficient (Wildman–Crippen LogP) is 3.67. The van der Waals surface area contributed by atoms with Crippen molar-refractivity contribution in [3.8, 4) is 11.5 Å². The average molecular weight is 329 g/mol. The molecule has 0 N–H and O–H groups in total. The Morgan fingerprint density at radius 3 is 2.79 bits per heavy atom. The highest BCUT2D eigenvalue weighted by Gasteiger charge is 2.34. The average Bonchev–Trinajstić information content (AvgIpc) is 2.99. The highest BCUT2D eigenvalue weighted by molar-refractivity contribution is 5.95. The molecule has 24 heavy (non-hydrogen) atoms. The second kappa shape index (κ2) is 6.30. The third-order valence-electron chi connectivity index (χ3n) is 6.00. The number of benzene rings is 1. The summed E-state index contributed by atoms with van der Waals surface area (Å²) in [5.74, 6) is 3.20. The summed E-state index contributed by atoms with van der Waals surface area (Å²) in [5, 5.41) is 0. The first kappa shape index (κ1) is 15.8. The number of amides is 1. The lowest BCUT2D eigenvalue weighted by atomic mass is 9.75. The molecule has 1 amide bonds. The maximum atomic E-state index is 13.1. The smallest absolute Gasteiger partial charge is 0.254 e. The number of ether oxygens (including phenoxy) is 2. The van der Waals surface area contributed by atoms with Gasteiger partial charge in [-0.05, 0) is 43.7 Å². The minimum atomic E-state index is 0.150. The fourth-order valence-electron chi connectivity index (χ4n) is 4.74. The van der Waals surface area contributed by atoms with Gasteiger partial charge in [-0.1, -0.05) is 19.3 Å². The van der Waals surface area contributed by atoms with Gasteiger partial charge in [0.25, 0.3) is 5.91 Å². The van der Waals surface area contributed by atoms with Crippen LogP contribution < -0.4 is 9.47 Å². The van der Waals surface area contributed by atoms with E-state index in [9.17, 15) is 4.79 Å². The van der Waals surface area contributed by atoms with E-state index in [1.807, 2.05) is 12.1 Å². The lowest BCUT2D eigenvalue weighted by Gasteiger charge is -2.41. The van der Waals surface area contributed by atoms with Crippen LogP contribution in [0.25, 0.3) is 0 Å². The monoisotopic (exact) mass is 329 g/mol. The van der Waals surface area contributed by atoms with Crippen molar-refractivity contribution in [2.45, 2.75) is 51.6 Å². The van der Waals surface area contributed by atoms with E-state index >= 15 is 0 Å². The third kappa shape index (κ3) is 2.76. The second-order valence-electron chi connectivity index (χ2n) is 7.64. The van der Waals surface area contributed by atoms with Crippen molar-refractivity contribution in [2.75, 3.05) is 20.2 Å². The molecule has 1 saturated heterocycles. The van der Waals surface area contributed by atoms with Crippen LogP contribution >= 0.6 is 0 Å². The standard InChI is InChI=1S/C20H27NO3/c1-13-9-16-10-17(11-18(23-2)19(16)24-13)20(22)21-8-7-14-5-3-4-6-15(14)12-21/h10-11,13-15H,3-9,12H2,1-2H3. The van der Waals surface area contributed by atoms with Crippen LogP contribution in [0.2, 0.25) is 0 Å². The van der Waals surface area contributed by atoms with Gasteiger partial charge >= 0.3 is 0 Å². The van der Waals surface area contributed by atoms with Crippen LogP contribution in [-0.4, -0.2) is 37.1 Å². The Morgan fingerprint density at radius 2 is 2.00 bits per heavy atom. The molecule has 3 atom stereocenters. The molecule has 3 aliphatic rings. The fourth-order valence-corrected chi connectivity index (χ4v) is 4.74. The Bertz CT molecular complexity index is 642. The molecular weight excluding hydrogens is 302 g/mol. The van der Waals surface area contributed by atoms with Gasteiger partial charge in [0.2, 0.25) is 0 Å². The molecule has 4 heteroatoms. The summed E-state index contributed by atoms with van der Waals surface area (Å²) in [6.45, 7) is 3.87. The zero-order chi connectivity index (χ0) is 16.7. The Kier molecular flexibility index (Phi) is 4.15. The van der Waals surface area contributed by atoms with Gasteiger partial charge in [0.05, 0.1) is 7.11 Å². The topological polar surface area (TPSA) is 38.8 Å². The number of carbonyl (C=O) groups excluding carboxylic acids is 1. The molecule has 2 heterocycles. The molecule has 1 aliphatic carbocycles. The highest BCUT2D eigenvalue weighted by Crippen LogP contribution is 2.40. The van der Waals surface area contributed by atoms with E-state index < -0.39 is 0 Å². The molecular formula is C20H27NO3. The van der Waals surface area contributed by atoms with Crippen molar-refractivity contribution in [1.29, 1.82) is 0 Å². The van der Waals surface area contributed by atoms with Crippen molar-refractivity contribution in [3.05, 3.63) is 23.3 Å². The first-order valence-corrected chi connectivity index (χ1v) is 9.32. The van der Waals surface area contributed by atoms with Crippen LogP contribution in [0.3, 0.4) is 0 Å². The van der Waals surface area contributed by atoms with E-state index in [1.54, 1.807) is 7.11 Å². The maximum absolute atomic E-state index is 13.1. The summed E-state index contributed by atoms with van der Waals surface area (Å²) in [6.07, 6.45) is 7.50. The number of rotatable bonds is 2. The van der Waals surface area contributed by atoms with E-state index in [0.717, 1.165) is 42.3 Å². The van der Waals surface area contributed by atoms with Gasteiger partial charge in [0, 0.05) is 30.6 Å². The van der Waals surface area contributed by atoms with Gasteiger partial charge in [-0.2, -0.15) is 0 Å². The van der Waals surface area contributed by atoms with Crippen molar-refractivity contribution in [1.82, 2.24) is 4.90 Å². The lowest BCUT2D eigenvalue weighted by Crippen LogP contribution is -2.44. The van der Waals surface area contributed by atoms with Gasteiger partial charge in [-0.15, -0.1) is 0 Å². The number of fused-ring (bicyclic) bond motifs is 2. The predicted molar refractivity (Wildman–Crippen MR) is 92.8 cm³/mol. The van der Waals surface area contributed by atoms with E-state index in [1.165, 1.54) is 32.1 Å². The molecule has 2 fully saturated rings. The SMILES string of the molecule is COc1cc(C(=O)N2CCC3CCCCC3C2)cc2c1OC(C)C2. The zero-order valence-electron chi connectivity index (χ0n) is 14.7. The van der Waals surface area contributed by atoms with Crippen LogP contribution in [0.5, 0.6) is 11.5 Å². The summed E-state index contributed by atoms with van der Waals surface area (Å²) < 4.78 is 11.3. The lowest BCUT2D eigenvalue weighted by molar-refractivity contribution is 0.0520. The summed E-state index contributed by atoms with van der Waals surface area (Å²) in [5.41, 5.74) is 1.84. The molecule has 0 radical (unpaired) electrons. The van der Waals surface area contributed by atoms with Crippen LogP contribution in [0, 0.1) is 11.8 Å². The molecule has 0 aromatic heterocycles. The number of likely N-dealkylation sites (tertiary alicyclic amines) is 1. The van der Waals surface area contributed by atoms with Crippen LogP contribution in [0.1, 0.15) is 54.9 Å². The third-order valence-corrected chi connectivity index (χ3v) is 6.00. The highest BCUT2D eigenvalue weighted by atomic mass is 16.5. The number of piperidine rings is 1. The van der Waals surface area contributed by atoms with Crippen LogP contribution in [0.4, 0.5) is 0 Å². The Hall–Kier alpha value is -1.71. The number of hydrogen-bond donors (Lipinski definition) is 0. The van der Waals surface area contributed by atoms with Gasteiger partial charge in [0.15, 0.2) is 11.5 Å². The first-order valence-electron chi connectivity index (χ1n) is 9.32. The second-order valence-corrected chi connectivity index (χ2v) is 7.64. The summed E-state index contributed by atoms with van der Waals surface area (Å²) in [7, 11) is 1.64. The molecule has 1 aromatic carbocycles. The van der Waals surface area contributed by atoms with Crippen LogP contribution in [0.15, 0.2) is 12.1 Å². The van der Waals surface area contributed by atoms with E-state index in [2.05, 4.69) is 11.8 Å². The van der Waals surface area contributed by atoms with E-state index in [0.29, 0.717) is 11.7 Å². The molecule has 1 aromatic rings. The number of hydrogen-bond acceptors (Lipinski definition) is 3. The number of methoxy groups -OCH3 is 1. The molecule has 130 valence electrons. The quantitative estimate of drug-likeness (QED) is 0.831. The van der Waals surface area contributed by atoms with Crippen LogP contribution in [-0.2, 0) is 6.42 Å². The molecule has 4 nitrogen and oxygen atoms in total. The number of carbonyl (C=O) groups is 1. The van der Waals surface area contributed by atoms with Gasteiger partial charge in [-0.25, -0.2) is 0 Å². The molecule has 0 bridgehead atoms. The Balaban J connectivity index is 1.55. The Morgan fingerprint density at radius 1 is 1.21 bits per heavy atom. The largest absolute Gasteiger partial charge is 0.493 e. The molecule has 3 unspecified atom stereocenters. The van der Waals surface area contributed by atoms with Crippen molar-refractivity contribution in [3.63, 3.8) is 0 Å². The number of nitrogens with zero attached hydrogens (tertiary/aromatic N) is 1. The van der Waals surface area contributed by atoms with Gasteiger partial charge in [-0.3, -0.25) is 4.79 Å². The van der Waals surface area contributed by atoms with E-state index in [4.69, 9.17) is 9.47 Å². The van der Waals surface area contributed by atoms with Gasteiger partial charge in [0.1, 0.15) is 6.10 Å². The summed E-state index contributed by atoms with van der Waals surface area (Å²) in [6, 6.07) is 3.86. The summed E-state index contributed by atoms with van der Waals surface area (Å²) in [4.78, 5) is 15.1. The molecule has 1 saturated carbocycles. The van der Waals surface area contributed by atoms with Crippen molar-refractivity contribution >= 4 is 5.91 Å². The normalized spacial score (nSPS) is 28.8. The molecule has 2 aliphatic heterocycles. The Labute approximate surface area is 144 Å².